The summed E-state index contributed by atoms with van der Waals surface area (Å²) in [4.78, 5) is 31.4. The fraction of sp³-hybridized carbons (Fsp3) is 0.429. The van der Waals surface area contributed by atoms with Crippen molar-refractivity contribution in [1.29, 1.82) is 0 Å². The van der Waals surface area contributed by atoms with Crippen LogP contribution in [0.5, 0.6) is 0 Å². The maximum atomic E-state index is 12.8. The average Bonchev–Trinajstić information content (AvgIpc) is 3.10. The molecular weight excluding hydrogens is 344 g/mol. The minimum atomic E-state index is 0.146. The predicted molar refractivity (Wildman–Crippen MR) is 103 cm³/mol. The SMILES string of the molecule is Cc1ccc(C(=O)N2CC[C@H]3[C@H](CCC(=O)N3Cc3ccccc3)C2)s1. The first-order valence-electron chi connectivity index (χ1n) is 9.31. The van der Waals surface area contributed by atoms with E-state index >= 15 is 0 Å². The van der Waals surface area contributed by atoms with Gasteiger partial charge in [0.25, 0.3) is 5.91 Å². The summed E-state index contributed by atoms with van der Waals surface area (Å²) in [5.41, 5.74) is 1.18. The summed E-state index contributed by atoms with van der Waals surface area (Å²) in [5, 5.41) is 0. The lowest BCUT2D eigenvalue weighted by atomic mass is 9.83. The lowest BCUT2D eigenvalue weighted by Crippen LogP contribution is -2.56. The van der Waals surface area contributed by atoms with Gasteiger partial charge in [0.15, 0.2) is 0 Å². The smallest absolute Gasteiger partial charge is 0.263 e. The number of carbonyl (C=O) groups is 2. The molecule has 136 valence electrons. The maximum absolute atomic E-state index is 12.8. The van der Waals surface area contributed by atoms with E-state index in [-0.39, 0.29) is 17.9 Å². The van der Waals surface area contributed by atoms with Gasteiger partial charge in [-0.2, -0.15) is 0 Å². The Bertz CT molecular complexity index is 801. The van der Waals surface area contributed by atoms with E-state index in [1.165, 1.54) is 10.4 Å². The zero-order valence-corrected chi connectivity index (χ0v) is 15.9. The molecule has 0 N–H and O–H groups in total. The lowest BCUT2D eigenvalue weighted by Gasteiger charge is -2.47. The Morgan fingerprint density at radius 2 is 1.96 bits per heavy atom. The van der Waals surface area contributed by atoms with Crippen molar-refractivity contribution in [3.8, 4) is 0 Å². The van der Waals surface area contributed by atoms with Crippen LogP contribution in [0.15, 0.2) is 42.5 Å². The number of aryl methyl sites for hydroxylation is 1. The number of fused-ring (bicyclic) bond motifs is 1. The van der Waals surface area contributed by atoms with Crippen LogP contribution in [0.3, 0.4) is 0 Å². The second-order valence-corrected chi connectivity index (χ2v) is 8.61. The van der Waals surface area contributed by atoms with Gasteiger partial charge in [-0.1, -0.05) is 30.3 Å². The number of benzene rings is 1. The zero-order chi connectivity index (χ0) is 18.1. The van der Waals surface area contributed by atoms with E-state index in [1.807, 2.05) is 42.2 Å². The molecule has 26 heavy (non-hydrogen) atoms. The first kappa shape index (κ1) is 17.3. The third kappa shape index (κ3) is 3.40. The van der Waals surface area contributed by atoms with Crippen molar-refractivity contribution in [1.82, 2.24) is 9.80 Å². The molecule has 2 atom stereocenters. The van der Waals surface area contributed by atoms with Crippen LogP contribution in [0.2, 0.25) is 0 Å². The van der Waals surface area contributed by atoms with Gasteiger partial charge in [-0.05, 0) is 43.4 Å². The van der Waals surface area contributed by atoms with Crippen LogP contribution in [-0.4, -0.2) is 40.7 Å². The van der Waals surface area contributed by atoms with Crippen LogP contribution in [0.4, 0.5) is 0 Å². The van der Waals surface area contributed by atoms with Crippen LogP contribution >= 0.6 is 11.3 Å². The number of amides is 2. The average molecular weight is 369 g/mol. The van der Waals surface area contributed by atoms with Crippen molar-refractivity contribution in [3.63, 3.8) is 0 Å². The summed E-state index contributed by atoms with van der Waals surface area (Å²) >= 11 is 1.57. The number of likely N-dealkylation sites (tertiary alicyclic amines) is 2. The van der Waals surface area contributed by atoms with E-state index in [0.717, 1.165) is 30.8 Å². The highest BCUT2D eigenvalue weighted by Crippen LogP contribution is 2.33. The molecule has 2 amide bonds. The number of carbonyl (C=O) groups excluding carboxylic acids is 2. The monoisotopic (exact) mass is 368 g/mol. The van der Waals surface area contributed by atoms with Crippen molar-refractivity contribution in [2.45, 2.75) is 38.8 Å². The molecule has 2 saturated heterocycles. The number of hydrogen-bond acceptors (Lipinski definition) is 3. The molecule has 1 aromatic carbocycles. The summed E-state index contributed by atoms with van der Waals surface area (Å²) < 4.78 is 0. The van der Waals surface area contributed by atoms with E-state index in [1.54, 1.807) is 11.3 Å². The minimum absolute atomic E-state index is 0.146. The Labute approximate surface area is 158 Å². The number of piperidine rings is 2. The summed E-state index contributed by atoms with van der Waals surface area (Å²) in [6, 6.07) is 14.4. The highest BCUT2D eigenvalue weighted by molar-refractivity contribution is 7.13. The summed E-state index contributed by atoms with van der Waals surface area (Å²) in [7, 11) is 0. The first-order valence-corrected chi connectivity index (χ1v) is 10.1. The molecular formula is C21H24N2O2S. The second kappa shape index (κ2) is 7.23. The molecule has 0 bridgehead atoms. The van der Waals surface area contributed by atoms with Gasteiger partial charge >= 0.3 is 0 Å². The Hall–Kier alpha value is -2.14. The normalized spacial score (nSPS) is 23.0. The number of nitrogens with zero attached hydrogens (tertiary/aromatic N) is 2. The fourth-order valence-corrected chi connectivity index (χ4v) is 5.06. The van der Waals surface area contributed by atoms with E-state index in [2.05, 4.69) is 17.0 Å². The molecule has 0 aliphatic carbocycles. The molecule has 2 fully saturated rings. The van der Waals surface area contributed by atoms with Crippen LogP contribution < -0.4 is 0 Å². The first-order chi connectivity index (χ1) is 12.6. The molecule has 4 rings (SSSR count). The van der Waals surface area contributed by atoms with Gasteiger partial charge in [0, 0.05) is 37.0 Å². The van der Waals surface area contributed by atoms with Crippen LogP contribution in [-0.2, 0) is 11.3 Å². The lowest BCUT2D eigenvalue weighted by molar-refractivity contribution is -0.141. The quantitative estimate of drug-likeness (QED) is 0.829. The number of rotatable bonds is 3. The van der Waals surface area contributed by atoms with Gasteiger partial charge in [0.2, 0.25) is 5.91 Å². The molecule has 0 saturated carbocycles. The Morgan fingerprint density at radius 3 is 2.69 bits per heavy atom. The molecule has 2 aliphatic heterocycles. The third-order valence-corrected chi connectivity index (χ3v) is 6.57. The zero-order valence-electron chi connectivity index (χ0n) is 15.1. The Morgan fingerprint density at radius 1 is 1.15 bits per heavy atom. The van der Waals surface area contributed by atoms with E-state index in [4.69, 9.17) is 0 Å². The van der Waals surface area contributed by atoms with Crippen molar-refractivity contribution < 1.29 is 9.59 Å². The molecule has 0 radical (unpaired) electrons. The van der Waals surface area contributed by atoms with Gasteiger partial charge in [-0.25, -0.2) is 0 Å². The molecule has 4 nitrogen and oxygen atoms in total. The third-order valence-electron chi connectivity index (χ3n) is 5.58. The number of hydrogen-bond donors (Lipinski definition) is 0. The standard InChI is InChI=1S/C21H24N2O2S/c1-15-7-9-19(26-15)21(25)22-12-11-18-17(14-22)8-10-20(24)23(18)13-16-5-3-2-4-6-16/h2-7,9,17-18H,8,10-14H2,1H3/t17-,18+/m1/s1. The Kier molecular flexibility index (Phi) is 4.81. The van der Waals surface area contributed by atoms with Gasteiger partial charge in [0.05, 0.1) is 4.88 Å². The van der Waals surface area contributed by atoms with Crippen LogP contribution in [0.1, 0.15) is 39.4 Å². The van der Waals surface area contributed by atoms with E-state index < -0.39 is 0 Å². The number of thiophene rings is 1. The van der Waals surface area contributed by atoms with Gasteiger partial charge < -0.3 is 9.80 Å². The van der Waals surface area contributed by atoms with Crippen molar-refractivity contribution in [2.75, 3.05) is 13.1 Å². The highest BCUT2D eigenvalue weighted by Gasteiger charge is 2.40. The molecule has 5 heteroatoms. The summed E-state index contributed by atoms with van der Waals surface area (Å²) in [5.74, 6) is 0.784. The second-order valence-electron chi connectivity index (χ2n) is 7.32. The Balaban J connectivity index is 1.46. The largest absolute Gasteiger partial charge is 0.338 e. The summed E-state index contributed by atoms with van der Waals surface area (Å²) in [6.07, 6.45) is 2.36. The van der Waals surface area contributed by atoms with Gasteiger partial charge in [-0.3, -0.25) is 9.59 Å². The van der Waals surface area contributed by atoms with E-state index in [0.29, 0.717) is 18.9 Å². The highest BCUT2D eigenvalue weighted by atomic mass is 32.1. The van der Waals surface area contributed by atoms with E-state index in [9.17, 15) is 9.59 Å². The molecule has 1 aromatic heterocycles. The van der Waals surface area contributed by atoms with Crippen molar-refractivity contribution in [3.05, 3.63) is 57.8 Å². The predicted octanol–water partition coefficient (Wildman–Crippen LogP) is 3.71. The fourth-order valence-electron chi connectivity index (χ4n) is 4.23. The molecule has 0 spiro atoms. The molecule has 2 aliphatic rings. The minimum Gasteiger partial charge on any atom is -0.338 e. The molecule has 2 aromatic rings. The van der Waals surface area contributed by atoms with Crippen molar-refractivity contribution in [2.24, 2.45) is 5.92 Å². The summed E-state index contributed by atoms with van der Waals surface area (Å²) in [6.45, 7) is 4.20. The van der Waals surface area contributed by atoms with Crippen LogP contribution in [0.25, 0.3) is 0 Å². The van der Waals surface area contributed by atoms with Gasteiger partial charge in [0.1, 0.15) is 0 Å². The molecule has 0 unspecified atom stereocenters. The van der Waals surface area contributed by atoms with Crippen LogP contribution in [0, 0.1) is 12.8 Å². The maximum Gasteiger partial charge on any atom is 0.263 e. The molecule has 3 heterocycles. The van der Waals surface area contributed by atoms with Crippen molar-refractivity contribution >= 4 is 23.2 Å². The topological polar surface area (TPSA) is 40.6 Å². The van der Waals surface area contributed by atoms with Gasteiger partial charge in [-0.15, -0.1) is 11.3 Å².